The molecule has 0 saturated heterocycles. The summed E-state index contributed by atoms with van der Waals surface area (Å²) < 4.78 is 5.09. The molecule has 0 bridgehead atoms. The minimum Gasteiger partial charge on any atom is -0.369 e. The summed E-state index contributed by atoms with van der Waals surface area (Å²) >= 11 is 0. The second-order valence-electron chi connectivity index (χ2n) is 4.33. The number of carbonyl (C=O) groups is 2. The van der Waals surface area contributed by atoms with E-state index in [1.165, 1.54) is 0 Å². The Morgan fingerprint density at radius 2 is 1.69 bits per heavy atom. The highest BCUT2D eigenvalue weighted by Crippen LogP contribution is 1.87. The molecule has 0 aliphatic rings. The van der Waals surface area contributed by atoms with Gasteiger partial charge in [-0.25, -0.2) is 0 Å². The molecule has 16 heavy (non-hydrogen) atoms. The van der Waals surface area contributed by atoms with Gasteiger partial charge >= 0.3 is 0 Å². The van der Waals surface area contributed by atoms with Crippen molar-refractivity contribution in [2.75, 3.05) is 19.7 Å². The summed E-state index contributed by atoms with van der Waals surface area (Å²) in [4.78, 5) is 22.4. The molecule has 0 fully saturated rings. The van der Waals surface area contributed by atoms with Crippen LogP contribution in [0.15, 0.2) is 0 Å². The zero-order valence-electron chi connectivity index (χ0n) is 10.5. The molecule has 0 aliphatic heterocycles. The molecule has 0 spiro atoms. The molecule has 2 N–H and O–H groups in total. The highest BCUT2D eigenvalue weighted by atomic mass is 16.5. The molecule has 0 heterocycles. The van der Waals surface area contributed by atoms with E-state index in [0.29, 0.717) is 12.5 Å². The third kappa shape index (κ3) is 9.45. The lowest BCUT2D eigenvalue weighted by molar-refractivity contribution is -0.130. The van der Waals surface area contributed by atoms with Crippen LogP contribution in [0, 0.1) is 5.92 Å². The van der Waals surface area contributed by atoms with E-state index in [2.05, 4.69) is 10.6 Å². The Morgan fingerprint density at radius 1 is 1.06 bits per heavy atom. The van der Waals surface area contributed by atoms with Crippen molar-refractivity contribution in [3.05, 3.63) is 0 Å². The maximum Gasteiger partial charge on any atom is 0.246 e. The summed E-state index contributed by atoms with van der Waals surface area (Å²) in [5.74, 6) is -0.0380. The molecule has 0 aromatic heterocycles. The number of ether oxygens (including phenoxy) is 1. The highest BCUT2D eigenvalue weighted by molar-refractivity contribution is 5.85. The standard InChI is InChI=1S/C11H22N2O3/c1-8(2)5-12-10(14)6-13-11(15)7-16-9(3)4/h8-9H,5-7H2,1-4H3,(H,12,14)(H,13,15). The van der Waals surface area contributed by atoms with Crippen LogP contribution in [0.5, 0.6) is 0 Å². The minimum atomic E-state index is -0.270. The van der Waals surface area contributed by atoms with Crippen LogP contribution in [0.25, 0.3) is 0 Å². The van der Waals surface area contributed by atoms with Crippen LogP contribution in [-0.4, -0.2) is 37.6 Å². The lowest BCUT2D eigenvalue weighted by Crippen LogP contribution is -2.39. The van der Waals surface area contributed by atoms with Gasteiger partial charge in [-0.1, -0.05) is 13.8 Å². The molecule has 5 nitrogen and oxygen atoms in total. The first-order valence-corrected chi connectivity index (χ1v) is 5.56. The second kappa shape index (κ2) is 8.10. The van der Waals surface area contributed by atoms with Crippen molar-refractivity contribution in [1.29, 1.82) is 0 Å². The lowest BCUT2D eigenvalue weighted by Gasteiger charge is -2.09. The van der Waals surface area contributed by atoms with Crippen molar-refractivity contribution in [3.63, 3.8) is 0 Å². The van der Waals surface area contributed by atoms with E-state index >= 15 is 0 Å². The SMILES string of the molecule is CC(C)CNC(=O)CNC(=O)COC(C)C. The Balaban J connectivity index is 3.55. The van der Waals surface area contributed by atoms with Crippen LogP contribution >= 0.6 is 0 Å². The normalized spacial score (nSPS) is 10.6. The van der Waals surface area contributed by atoms with Crippen LogP contribution in [-0.2, 0) is 14.3 Å². The molecule has 0 aliphatic carbocycles. The average molecular weight is 230 g/mol. The number of nitrogens with one attached hydrogen (secondary N) is 2. The first kappa shape index (κ1) is 14.9. The van der Waals surface area contributed by atoms with Gasteiger partial charge in [0.15, 0.2) is 0 Å². The summed E-state index contributed by atoms with van der Waals surface area (Å²) in [6, 6.07) is 0. The Hall–Kier alpha value is -1.10. The van der Waals surface area contributed by atoms with Crippen molar-refractivity contribution < 1.29 is 14.3 Å². The van der Waals surface area contributed by atoms with Crippen LogP contribution in [0.1, 0.15) is 27.7 Å². The van der Waals surface area contributed by atoms with E-state index in [1.807, 2.05) is 27.7 Å². The van der Waals surface area contributed by atoms with Crippen LogP contribution in [0.4, 0.5) is 0 Å². The monoisotopic (exact) mass is 230 g/mol. The molecule has 0 atom stereocenters. The Kier molecular flexibility index (Phi) is 7.54. The topological polar surface area (TPSA) is 67.4 Å². The number of hydrogen-bond donors (Lipinski definition) is 2. The highest BCUT2D eigenvalue weighted by Gasteiger charge is 2.06. The van der Waals surface area contributed by atoms with Crippen molar-refractivity contribution in [3.8, 4) is 0 Å². The number of rotatable bonds is 7. The molecule has 0 aromatic rings. The maximum atomic E-state index is 11.2. The molecular weight excluding hydrogens is 208 g/mol. The summed E-state index contributed by atoms with van der Waals surface area (Å²) in [5.41, 5.74) is 0. The second-order valence-corrected chi connectivity index (χ2v) is 4.33. The predicted molar refractivity (Wildman–Crippen MR) is 61.9 cm³/mol. The van der Waals surface area contributed by atoms with Gasteiger partial charge in [-0.2, -0.15) is 0 Å². The summed E-state index contributed by atoms with van der Waals surface area (Å²) in [6.07, 6.45) is 0.0144. The van der Waals surface area contributed by atoms with E-state index in [9.17, 15) is 9.59 Å². The maximum absolute atomic E-state index is 11.2. The molecule has 0 saturated carbocycles. The summed E-state index contributed by atoms with van der Waals surface area (Å²) in [7, 11) is 0. The first-order valence-electron chi connectivity index (χ1n) is 5.56. The third-order valence-electron chi connectivity index (χ3n) is 1.70. The number of hydrogen-bond acceptors (Lipinski definition) is 3. The fourth-order valence-corrected chi connectivity index (χ4v) is 0.853. The van der Waals surface area contributed by atoms with Gasteiger partial charge in [0.05, 0.1) is 12.6 Å². The molecule has 2 amide bonds. The average Bonchev–Trinajstić information content (AvgIpc) is 2.20. The van der Waals surface area contributed by atoms with E-state index in [1.54, 1.807) is 0 Å². The van der Waals surface area contributed by atoms with Gasteiger partial charge in [0.2, 0.25) is 11.8 Å². The molecule has 0 unspecified atom stereocenters. The smallest absolute Gasteiger partial charge is 0.246 e. The molecule has 5 heteroatoms. The first-order chi connectivity index (χ1) is 7.41. The van der Waals surface area contributed by atoms with E-state index < -0.39 is 0 Å². The van der Waals surface area contributed by atoms with Gasteiger partial charge in [-0.05, 0) is 19.8 Å². The zero-order valence-corrected chi connectivity index (χ0v) is 10.5. The summed E-state index contributed by atoms with van der Waals surface area (Å²) in [5, 5.41) is 5.19. The lowest BCUT2D eigenvalue weighted by atomic mass is 10.2. The van der Waals surface area contributed by atoms with Crippen molar-refractivity contribution in [2.45, 2.75) is 33.8 Å². The van der Waals surface area contributed by atoms with Crippen LogP contribution < -0.4 is 10.6 Å². The van der Waals surface area contributed by atoms with E-state index in [4.69, 9.17) is 4.74 Å². The van der Waals surface area contributed by atoms with Crippen molar-refractivity contribution in [2.24, 2.45) is 5.92 Å². The van der Waals surface area contributed by atoms with Gasteiger partial charge in [-0.15, -0.1) is 0 Å². The van der Waals surface area contributed by atoms with Crippen LogP contribution in [0.2, 0.25) is 0 Å². The van der Waals surface area contributed by atoms with E-state index in [-0.39, 0.29) is 31.1 Å². The third-order valence-corrected chi connectivity index (χ3v) is 1.70. The molecule has 0 aromatic carbocycles. The van der Waals surface area contributed by atoms with Crippen molar-refractivity contribution in [1.82, 2.24) is 10.6 Å². The number of amides is 2. The molecule has 94 valence electrons. The van der Waals surface area contributed by atoms with Gasteiger partial charge in [0.25, 0.3) is 0 Å². The Bertz CT molecular complexity index is 203. The van der Waals surface area contributed by atoms with Gasteiger partial charge in [0, 0.05) is 6.54 Å². The van der Waals surface area contributed by atoms with Gasteiger partial charge in [0.1, 0.15) is 6.61 Å². The molecular formula is C11H22N2O3. The fourth-order valence-electron chi connectivity index (χ4n) is 0.853. The van der Waals surface area contributed by atoms with Crippen LogP contribution in [0.3, 0.4) is 0 Å². The Labute approximate surface area is 96.9 Å². The van der Waals surface area contributed by atoms with Gasteiger partial charge in [-0.3, -0.25) is 9.59 Å². The minimum absolute atomic E-state index is 0.00483. The predicted octanol–water partition coefficient (Wildman–Crippen LogP) is 0.300. The Morgan fingerprint density at radius 3 is 2.19 bits per heavy atom. The summed E-state index contributed by atoms with van der Waals surface area (Å²) in [6.45, 7) is 8.34. The number of carbonyl (C=O) groups excluding carboxylic acids is 2. The molecule has 0 radical (unpaired) electrons. The fraction of sp³-hybridized carbons (Fsp3) is 0.818. The van der Waals surface area contributed by atoms with E-state index in [0.717, 1.165) is 0 Å². The van der Waals surface area contributed by atoms with Gasteiger partial charge < -0.3 is 15.4 Å². The zero-order chi connectivity index (χ0) is 12.6. The molecule has 0 rings (SSSR count). The quantitative estimate of drug-likeness (QED) is 0.661. The van der Waals surface area contributed by atoms with Crippen molar-refractivity contribution >= 4 is 11.8 Å². The largest absolute Gasteiger partial charge is 0.369 e.